The van der Waals surface area contributed by atoms with Gasteiger partial charge in [0, 0.05) is 24.7 Å². The molecule has 40 heavy (non-hydrogen) atoms. The van der Waals surface area contributed by atoms with Crippen molar-refractivity contribution in [3.05, 3.63) is 82.9 Å². The molecule has 2 aliphatic heterocycles. The first kappa shape index (κ1) is 31.0. The van der Waals surface area contributed by atoms with Gasteiger partial charge in [-0.1, -0.05) is 24.8 Å². The minimum Gasteiger partial charge on any atom is -0.483 e. The number of ether oxygens (including phenoxy) is 1. The number of likely N-dealkylation sites (tertiary alicyclic amines) is 1. The molecule has 0 aromatic heterocycles. The van der Waals surface area contributed by atoms with Crippen LogP contribution < -0.4 is 10.1 Å². The summed E-state index contributed by atoms with van der Waals surface area (Å²) in [6.07, 6.45) is 1.33. The predicted molar refractivity (Wildman–Crippen MR) is 147 cm³/mol. The fourth-order valence-corrected chi connectivity index (χ4v) is 4.62. The lowest BCUT2D eigenvalue weighted by Gasteiger charge is -2.40. The molecule has 2 aromatic rings. The van der Waals surface area contributed by atoms with E-state index >= 15 is 0 Å². The largest absolute Gasteiger partial charge is 0.490 e. The van der Waals surface area contributed by atoms with Gasteiger partial charge < -0.3 is 25.0 Å². The van der Waals surface area contributed by atoms with Crippen LogP contribution >= 0.6 is 0 Å². The molecule has 0 radical (unpaired) electrons. The number of hydrogen-bond acceptors (Lipinski definition) is 5. The van der Waals surface area contributed by atoms with Crippen LogP contribution in [0.1, 0.15) is 48.9 Å². The quantitative estimate of drug-likeness (QED) is 0.397. The number of hydrogen-bond donors (Lipinski definition) is 2. The van der Waals surface area contributed by atoms with Crippen molar-refractivity contribution in [2.24, 2.45) is 0 Å². The molecule has 0 amide bonds. The molecule has 2 heterocycles. The minimum absolute atomic E-state index is 0.187. The summed E-state index contributed by atoms with van der Waals surface area (Å²) >= 11 is 0. The Morgan fingerprint density at radius 3 is 2.45 bits per heavy atom. The Bertz CT molecular complexity index is 1240. The summed E-state index contributed by atoms with van der Waals surface area (Å²) in [7, 11) is 2.17. The number of carbonyl (C=O) groups is 1. The maximum absolute atomic E-state index is 13.6. The topological polar surface area (TPSA) is 65.0 Å². The van der Waals surface area contributed by atoms with Crippen molar-refractivity contribution >= 4 is 12.0 Å². The zero-order valence-electron chi connectivity index (χ0n) is 23.3. The number of rotatable bonds is 7. The molecule has 1 saturated heterocycles. The van der Waals surface area contributed by atoms with Crippen LogP contribution in [0.2, 0.25) is 0 Å². The van der Waals surface area contributed by atoms with E-state index in [1.165, 1.54) is 5.56 Å². The highest BCUT2D eigenvalue weighted by Crippen LogP contribution is 2.31. The van der Waals surface area contributed by atoms with Gasteiger partial charge in [0.15, 0.2) is 0 Å². The lowest BCUT2D eigenvalue weighted by atomic mass is 10.0. The van der Waals surface area contributed by atoms with Crippen LogP contribution in [0.3, 0.4) is 0 Å². The lowest BCUT2D eigenvalue weighted by molar-refractivity contribution is -0.192. The number of piperidine rings is 1. The molecule has 2 aromatic carbocycles. The molecule has 218 valence electrons. The summed E-state index contributed by atoms with van der Waals surface area (Å²) < 4.78 is 51.4. The Kier molecular flexibility index (Phi) is 9.89. The summed E-state index contributed by atoms with van der Waals surface area (Å²) in [5, 5.41) is 10.7. The molecule has 10 heteroatoms. The molecule has 0 aliphatic carbocycles. The van der Waals surface area contributed by atoms with Gasteiger partial charge in [0.1, 0.15) is 17.2 Å². The second-order valence-corrected chi connectivity index (χ2v) is 10.7. The molecule has 1 fully saturated rings. The Labute approximate surface area is 232 Å². The highest BCUT2D eigenvalue weighted by atomic mass is 19.4. The maximum atomic E-state index is 13.6. The molecule has 0 spiro atoms. The van der Waals surface area contributed by atoms with Crippen molar-refractivity contribution in [3.8, 4) is 5.75 Å². The first-order valence-corrected chi connectivity index (χ1v) is 13.1. The van der Waals surface area contributed by atoms with Gasteiger partial charge in [0.2, 0.25) is 0 Å². The van der Waals surface area contributed by atoms with E-state index in [0.29, 0.717) is 12.6 Å². The highest BCUT2D eigenvalue weighted by Gasteiger charge is 2.38. The number of halogens is 4. The molecule has 2 N–H and O–H groups in total. The van der Waals surface area contributed by atoms with Gasteiger partial charge >= 0.3 is 12.1 Å². The zero-order chi connectivity index (χ0) is 29.7. The second-order valence-electron chi connectivity index (χ2n) is 10.7. The van der Waals surface area contributed by atoms with Gasteiger partial charge in [-0.3, -0.25) is 0 Å². The second kappa shape index (κ2) is 12.8. The number of benzene rings is 2. The van der Waals surface area contributed by atoms with E-state index in [1.807, 2.05) is 13.0 Å². The third-order valence-electron chi connectivity index (χ3n) is 6.97. The summed E-state index contributed by atoms with van der Waals surface area (Å²) in [6, 6.07) is 11.8. The maximum Gasteiger partial charge on any atom is 0.490 e. The van der Waals surface area contributed by atoms with Crippen molar-refractivity contribution in [1.29, 1.82) is 0 Å². The fraction of sp³-hybridized carbons (Fsp3) is 0.433. The zero-order valence-corrected chi connectivity index (χ0v) is 23.3. The van der Waals surface area contributed by atoms with Crippen LogP contribution in [0.25, 0.3) is 6.08 Å². The minimum atomic E-state index is -5.08. The number of carboxylic acids is 1. The van der Waals surface area contributed by atoms with Gasteiger partial charge in [-0.05, 0) is 101 Å². The Morgan fingerprint density at radius 1 is 1.20 bits per heavy atom. The molecule has 6 nitrogen and oxygen atoms in total. The van der Waals surface area contributed by atoms with Gasteiger partial charge in [0.25, 0.3) is 0 Å². The number of nitrogens with one attached hydrogen (secondary N) is 1. The van der Waals surface area contributed by atoms with E-state index in [2.05, 4.69) is 72.9 Å². The predicted octanol–water partition coefficient (Wildman–Crippen LogP) is 6.11. The van der Waals surface area contributed by atoms with E-state index in [0.717, 1.165) is 60.7 Å². The number of nitrogens with zero attached hydrogens (tertiary/aromatic N) is 2. The summed E-state index contributed by atoms with van der Waals surface area (Å²) in [5.74, 6) is -1.11. The van der Waals surface area contributed by atoms with E-state index in [-0.39, 0.29) is 11.4 Å². The monoisotopic (exact) mass is 563 g/mol. The number of aliphatic carboxylic acids is 1. The van der Waals surface area contributed by atoms with E-state index in [4.69, 9.17) is 14.6 Å². The van der Waals surface area contributed by atoms with Crippen molar-refractivity contribution in [3.63, 3.8) is 0 Å². The van der Waals surface area contributed by atoms with E-state index in [1.54, 1.807) is 12.1 Å². The van der Waals surface area contributed by atoms with Crippen LogP contribution in [0, 0.1) is 12.7 Å². The first-order chi connectivity index (χ1) is 18.6. The van der Waals surface area contributed by atoms with Crippen LogP contribution in [0.15, 0.2) is 54.9 Å². The fourth-order valence-electron chi connectivity index (χ4n) is 4.62. The molecule has 4 rings (SSSR count). The Morgan fingerprint density at radius 2 is 1.85 bits per heavy atom. The average Bonchev–Trinajstić information content (AvgIpc) is 2.87. The number of fused-ring (bicyclic) bond motifs is 1. The van der Waals surface area contributed by atoms with Crippen LogP contribution in [0.5, 0.6) is 5.75 Å². The smallest absolute Gasteiger partial charge is 0.483 e. The SMILES string of the molecule is C=C(NCc1ccc2c(c1)C=CC(C)(C)O2)N(Cc1ccc(F)cc1C)C1CCN(C)CC1.O=C(O)C(F)(F)F. The number of carboxylic acid groups (broad SMARTS) is 1. The third-order valence-corrected chi connectivity index (χ3v) is 6.97. The van der Waals surface area contributed by atoms with Crippen molar-refractivity contribution in [2.75, 3.05) is 20.1 Å². The molecule has 0 atom stereocenters. The number of aryl methyl sites for hydroxylation is 1. The molecule has 0 unspecified atom stereocenters. The Hall–Kier alpha value is -3.53. The summed E-state index contributed by atoms with van der Waals surface area (Å²) in [5.41, 5.74) is 4.13. The van der Waals surface area contributed by atoms with Crippen LogP contribution in [0.4, 0.5) is 17.6 Å². The van der Waals surface area contributed by atoms with Crippen LogP contribution in [-0.4, -0.2) is 58.8 Å². The van der Waals surface area contributed by atoms with Gasteiger partial charge in [0.05, 0.1) is 5.82 Å². The van der Waals surface area contributed by atoms with Crippen molar-refractivity contribution in [1.82, 2.24) is 15.1 Å². The van der Waals surface area contributed by atoms with E-state index < -0.39 is 12.1 Å². The van der Waals surface area contributed by atoms with Gasteiger partial charge in [-0.2, -0.15) is 13.2 Å². The van der Waals surface area contributed by atoms with Gasteiger partial charge in [-0.25, -0.2) is 9.18 Å². The Balaban J connectivity index is 0.000000559. The lowest BCUT2D eigenvalue weighted by Crippen LogP contribution is -2.45. The summed E-state index contributed by atoms with van der Waals surface area (Å²) in [4.78, 5) is 13.6. The molecular weight excluding hydrogens is 526 g/mol. The van der Waals surface area contributed by atoms with Crippen molar-refractivity contribution in [2.45, 2.75) is 64.5 Å². The summed E-state index contributed by atoms with van der Waals surface area (Å²) in [6.45, 7) is 14.1. The normalized spacial score (nSPS) is 16.7. The standard InChI is InChI=1S/C28H36FN3O.C2HF3O2/c1-20-16-25(29)8-7-24(20)19-32(26-11-14-31(5)15-12-26)21(2)30-18-22-6-9-27-23(17-22)10-13-28(3,4)33-27;3-2(4,5)1(6)7/h6-10,13,16-17,26,30H,2,11-12,14-15,18-19H2,1,3-5H3;(H,6,7). The first-order valence-electron chi connectivity index (χ1n) is 13.1. The van der Waals surface area contributed by atoms with Crippen molar-refractivity contribution < 1.29 is 32.2 Å². The van der Waals surface area contributed by atoms with E-state index in [9.17, 15) is 17.6 Å². The van der Waals surface area contributed by atoms with Gasteiger partial charge in [-0.15, -0.1) is 0 Å². The molecule has 0 bridgehead atoms. The highest BCUT2D eigenvalue weighted by molar-refractivity contribution is 5.73. The average molecular weight is 564 g/mol. The molecular formula is C30H37F4N3O3. The third kappa shape index (κ3) is 8.74. The van der Waals surface area contributed by atoms with Crippen LogP contribution in [-0.2, 0) is 17.9 Å². The molecule has 2 aliphatic rings. The number of alkyl halides is 3. The molecule has 0 saturated carbocycles.